The lowest BCUT2D eigenvalue weighted by molar-refractivity contribution is -0.0481. The fraction of sp³-hybridized carbons (Fsp3) is 1.00. The highest BCUT2D eigenvalue weighted by atomic mass is 15.0. The molecule has 4 aliphatic carbocycles. The smallest absolute Gasteiger partial charge is 0.0153 e. The molecule has 1 unspecified atom stereocenters. The monoisotopic (exact) mass is 247 g/mol. The number of hydrogen-bond acceptors (Lipinski definition) is 1. The largest absolute Gasteiger partial charge is 0.312 e. The molecule has 1 saturated heterocycles. The molecule has 1 N–H and O–H groups in total. The summed E-state index contributed by atoms with van der Waals surface area (Å²) in [5.41, 5.74) is 0.411. The van der Waals surface area contributed by atoms with Crippen molar-refractivity contribution in [3.8, 4) is 0 Å². The van der Waals surface area contributed by atoms with Crippen molar-refractivity contribution in [1.82, 2.24) is 5.32 Å². The molecule has 0 aromatic heterocycles. The normalized spacial score (nSPS) is 53.0. The SMILES string of the molecule is CC1(C)NCCC1CC1C2CC3CC(C2)CC1C3. The van der Waals surface area contributed by atoms with E-state index in [1.807, 2.05) is 0 Å². The number of rotatable bonds is 2. The first-order chi connectivity index (χ1) is 8.62. The molecular formula is C17H29N. The van der Waals surface area contributed by atoms with Crippen LogP contribution in [-0.4, -0.2) is 12.1 Å². The van der Waals surface area contributed by atoms with Crippen molar-refractivity contribution in [2.45, 2.75) is 64.3 Å². The van der Waals surface area contributed by atoms with E-state index in [0.29, 0.717) is 5.54 Å². The zero-order chi connectivity index (χ0) is 12.3. The van der Waals surface area contributed by atoms with Crippen LogP contribution in [0.4, 0.5) is 0 Å². The molecule has 0 radical (unpaired) electrons. The predicted octanol–water partition coefficient (Wildman–Crippen LogP) is 3.84. The molecule has 0 spiro atoms. The van der Waals surface area contributed by atoms with E-state index in [0.717, 1.165) is 35.5 Å². The van der Waals surface area contributed by atoms with Crippen molar-refractivity contribution >= 4 is 0 Å². The van der Waals surface area contributed by atoms with E-state index >= 15 is 0 Å². The van der Waals surface area contributed by atoms with Gasteiger partial charge in [0, 0.05) is 5.54 Å². The molecule has 1 heterocycles. The molecule has 1 aliphatic heterocycles. The minimum atomic E-state index is 0.411. The second kappa shape index (κ2) is 3.98. The fourth-order valence-electron chi connectivity index (χ4n) is 6.24. The molecule has 0 aromatic carbocycles. The summed E-state index contributed by atoms with van der Waals surface area (Å²) in [6, 6.07) is 0. The Morgan fingerprint density at radius 2 is 1.56 bits per heavy atom. The van der Waals surface area contributed by atoms with E-state index in [2.05, 4.69) is 19.2 Å². The van der Waals surface area contributed by atoms with Gasteiger partial charge in [-0.05, 0) is 101 Å². The summed E-state index contributed by atoms with van der Waals surface area (Å²) in [5, 5.41) is 3.72. The topological polar surface area (TPSA) is 12.0 Å². The Hall–Kier alpha value is -0.0400. The molecule has 5 rings (SSSR count). The first kappa shape index (κ1) is 11.8. The Morgan fingerprint density at radius 3 is 2.06 bits per heavy atom. The van der Waals surface area contributed by atoms with Gasteiger partial charge in [0.25, 0.3) is 0 Å². The van der Waals surface area contributed by atoms with Gasteiger partial charge in [0.1, 0.15) is 0 Å². The first-order valence-electron chi connectivity index (χ1n) is 8.37. The Labute approximate surface area is 112 Å². The summed E-state index contributed by atoms with van der Waals surface area (Å²) in [5.74, 6) is 6.56. The molecule has 0 aromatic rings. The number of nitrogens with one attached hydrogen (secondary N) is 1. The van der Waals surface area contributed by atoms with E-state index < -0.39 is 0 Å². The van der Waals surface area contributed by atoms with Crippen molar-refractivity contribution in [3.05, 3.63) is 0 Å². The van der Waals surface area contributed by atoms with Gasteiger partial charge in [0.05, 0.1) is 0 Å². The van der Waals surface area contributed by atoms with E-state index in [-0.39, 0.29) is 0 Å². The van der Waals surface area contributed by atoms with E-state index in [9.17, 15) is 0 Å². The summed E-state index contributed by atoms with van der Waals surface area (Å²) < 4.78 is 0. The lowest BCUT2D eigenvalue weighted by atomic mass is 9.50. The third kappa shape index (κ3) is 1.77. The average molecular weight is 247 g/mol. The van der Waals surface area contributed by atoms with Gasteiger partial charge in [-0.1, -0.05) is 0 Å². The highest BCUT2D eigenvalue weighted by Crippen LogP contribution is 2.58. The zero-order valence-electron chi connectivity index (χ0n) is 12.1. The zero-order valence-corrected chi connectivity index (χ0v) is 12.1. The van der Waals surface area contributed by atoms with Crippen molar-refractivity contribution in [3.63, 3.8) is 0 Å². The van der Waals surface area contributed by atoms with Gasteiger partial charge in [-0.3, -0.25) is 0 Å². The average Bonchev–Trinajstić information content (AvgIpc) is 2.62. The van der Waals surface area contributed by atoms with E-state index in [1.54, 1.807) is 32.1 Å². The summed E-state index contributed by atoms with van der Waals surface area (Å²) in [6.45, 7) is 6.12. The molecule has 1 heteroatoms. The van der Waals surface area contributed by atoms with Crippen LogP contribution in [0.2, 0.25) is 0 Å². The summed E-state index contributed by atoms with van der Waals surface area (Å²) in [4.78, 5) is 0. The van der Waals surface area contributed by atoms with Gasteiger partial charge < -0.3 is 5.32 Å². The lowest BCUT2D eigenvalue weighted by Crippen LogP contribution is -2.47. The Balaban J connectivity index is 1.49. The summed E-state index contributed by atoms with van der Waals surface area (Å²) in [6.07, 6.45) is 10.9. The second-order valence-corrected chi connectivity index (χ2v) is 8.46. The van der Waals surface area contributed by atoms with Crippen molar-refractivity contribution in [2.75, 3.05) is 6.54 Å². The molecule has 5 fully saturated rings. The molecule has 0 amide bonds. The third-order valence-corrected chi connectivity index (χ3v) is 7.07. The lowest BCUT2D eigenvalue weighted by Gasteiger charge is -2.55. The van der Waals surface area contributed by atoms with Gasteiger partial charge in [-0.2, -0.15) is 0 Å². The van der Waals surface area contributed by atoms with Crippen LogP contribution in [0, 0.1) is 35.5 Å². The van der Waals surface area contributed by atoms with E-state index in [4.69, 9.17) is 0 Å². The van der Waals surface area contributed by atoms with Gasteiger partial charge in [-0.15, -0.1) is 0 Å². The molecule has 5 aliphatic rings. The van der Waals surface area contributed by atoms with Gasteiger partial charge >= 0.3 is 0 Å². The Morgan fingerprint density at radius 1 is 0.944 bits per heavy atom. The third-order valence-electron chi connectivity index (χ3n) is 7.07. The number of hydrogen-bond donors (Lipinski definition) is 1. The van der Waals surface area contributed by atoms with Crippen LogP contribution in [0.5, 0.6) is 0 Å². The van der Waals surface area contributed by atoms with Crippen molar-refractivity contribution in [2.24, 2.45) is 35.5 Å². The van der Waals surface area contributed by atoms with Crippen molar-refractivity contribution in [1.29, 1.82) is 0 Å². The molecule has 1 nitrogen and oxygen atoms in total. The van der Waals surface area contributed by atoms with Gasteiger partial charge in [-0.25, -0.2) is 0 Å². The van der Waals surface area contributed by atoms with Crippen LogP contribution in [-0.2, 0) is 0 Å². The van der Waals surface area contributed by atoms with Gasteiger partial charge in [0.2, 0.25) is 0 Å². The van der Waals surface area contributed by atoms with Crippen molar-refractivity contribution < 1.29 is 0 Å². The molecule has 1 atom stereocenters. The highest BCUT2D eigenvalue weighted by Gasteiger charge is 2.49. The molecule has 4 bridgehead atoms. The van der Waals surface area contributed by atoms with Crippen LogP contribution >= 0.6 is 0 Å². The molecule has 4 saturated carbocycles. The van der Waals surface area contributed by atoms with Crippen LogP contribution in [0.1, 0.15) is 58.8 Å². The summed E-state index contributed by atoms with van der Waals surface area (Å²) >= 11 is 0. The molecule has 18 heavy (non-hydrogen) atoms. The van der Waals surface area contributed by atoms with E-state index in [1.165, 1.54) is 19.4 Å². The highest BCUT2D eigenvalue weighted by molar-refractivity contribution is 5.01. The Bertz CT molecular complexity index is 305. The van der Waals surface area contributed by atoms with Crippen LogP contribution < -0.4 is 5.32 Å². The molecular weight excluding hydrogens is 218 g/mol. The summed E-state index contributed by atoms with van der Waals surface area (Å²) in [7, 11) is 0. The van der Waals surface area contributed by atoms with Crippen LogP contribution in [0.25, 0.3) is 0 Å². The standard InChI is InChI=1S/C17H29N/c1-17(2)15(3-4-18-17)10-16-13-6-11-5-12(8-13)9-14(16)7-11/h11-16,18H,3-10H2,1-2H3. The quantitative estimate of drug-likeness (QED) is 0.782. The fourth-order valence-corrected chi connectivity index (χ4v) is 6.24. The second-order valence-electron chi connectivity index (χ2n) is 8.46. The minimum Gasteiger partial charge on any atom is -0.312 e. The maximum absolute atomic E-state index is 3.72. The van der Waals surface area contributed by atoms with Crippen LogP contribution in [0.3, 0.4) is 0 Å². The van der Waals surface area contributed by atoms with Gasteiger partial charge in [0.15, 0.2) is 0 Å². The maximum Gasteiger partial charge on any atom is 0.0153 e. The predicted molar refractivity (Wildman–Crippen MR) is 75.3 cm³/mol. The Kier molecular flexibility index (Phi) is 2.60. The molecule has 102 valence electrons. The minimum absolute atomic E-state index is 0.411. The first-order valence-corrected chi connectivity index (χ1v) is 8.37. The van der Waals surface area contributed by atoms with Crippen LogP contribution in [0.15, 0.2) is 0 Å². The maximum atomic E-state index is 3.72.